The van der Waals surface area contributed by atoms with Crippen molar-refractivity contribution in [2.75, 3.05) is 7.11 Å². The van der Waals surface area contributed by atoms with Gasteiger partial charge in [0.15, 0.2) is 0 Å². The topological polar surface area (TPSA) is 48.1 Å². The van der Waals surface area contributed by atoms with Crippen LogP contribution in [0.2, 0.25) is 0 Å². The molecule has 4 heteroatoms. The summed E-state index contributed by atoms with van der Waals surface area (Å²) in [6.45, 7) is 0. The van der Waals surface area contributed by atoms with Gasteiger partial charge in [0, 0.05) is 17.0 Å². The number of hydrogen-bond acceptors (Lipinski definition) is 3. The number of pyridine rings is 1. The van der Waals surface area contributed by atoms with E-state index < -0.39 is 0 Å². The third-order valence-electron chi connectivity index (χ3n) is 2.22. The van der Waals surface area contributed by atoms with Crippen LogP contribution in [0.25, 0.3) is 10.8 Å². The Morgan fingerprint density at radius 1 is 1.33 bits per heavy atom. The van der Waals surface area contributed by atoms with E-state index in [0.717, 1.165) is 16.5 Å². The fourth-order valence-electron chi connectivity index (χ4n) is 1.55. The van der Waals surface area contributed by atoms with Crippen molar-refractivity contribution in [2.24, 2.45) is 5.73 Å². The summed E-state index contributed by atoms with van der Waals surface area (Å²) < 4.78 is 5.25. The quantitative estimate of drug-likeness (QED) is 0.782. The summed E-state index contributed by atoms with van der Waals surface area (Å²) in [5, 5.41) is 1.89. The van der Waals surface area contributed by atoms with Crippen molar-refractivity contribution in [1.29, 1.82) is 0 Å². The number of rotatable bonds is 2. The minimum Gasteiger partial charge on any atom is -0.496 e. The average Bonchev–Trinajstić information content (AvgIpc) is 2.27. The highest BCUT2D eigenvalue weighted by Crippen LogP contribution is 2.26. The molecular formula is C11H10N2OS. The van der Waals surface area contributed by atoms with Crippen molar-refractivity contribution in [3.05, 3.63) is 36.2 Å². The normalized spacial score (nSPS) is 10.2. The van der Waals surface area contributed by atoms with Crippen LogP contribution in [0, 0.1) is 0 Å². The molecule has 3 nitrogen and oxygen atoms in total. The van der Waals surface area contributed by atoms with E-state index in [1.165, 1.54) is 0 Å². The van der Waals surface area contributed by atoms with Gasteiger partial charge in [-0.25, -0.2) is 0 Å². The van der Waals surface area contributed by atoms with E-state index in [-0.39, 0.29) is 0 Å². The fraction of sp³-hybridized carbons (Fsp3) is 0.0909. The number of ether oxygens (including phenoxy) is 1. The molecule has 1 aromatic carbocycles. The largest absolute Gasteiger partial charge is 0.496 e. The van der Waals surface area contributed by atoms with Crippen LogP contribution in [0.3, 0.4) is 0 Å². The molecule has 76 valence electrons. The standard InChI is InChI=1S/C11H10N2OS/c1-14-9-4-2-3-8-7(9)5-6-13-10(8)11(12)15/h2-6H,1H3,(H2,12,15). The highest BCUT2D eigenvalue weighted by atomic mass is 32.1. The lowest BCUT2D eigenvalue weighted by Crippen LogP contribution is -2.11. The first-order chi connectivity index (χ1) is 7.24. The Labute approximate surface area is 92.9 Å². The van der Waals surface area contributed by atoms with Crippen LogP contribution in [-0.4, -0.2) is 17.1 Å². The smallest absolute Gasteiger partial charge is 0.126 e. The Hall–Kier alpha value is -1.68. The van der Waals surface area contributed by atoms with Crippen molar-refractivity contribution < 1.29 is 4.74 Å². The molecule has 0 aliphatic rings. The van der Waals surface area contributed by atoms with Gasteiger partial charge in [0.2, 0.25) is 0 Å². The van der Waals surface area contributed by atoms with Crippen molar-refractivity contribution in [1.82, 2.24) is 4.98 Å². The van der Waals surface area contributed by atoms with E-state index in [9.17, 15) is 0 Å². The molecule has 1 heterocycles. The molecule has 2 N–H and O–H groups in total. The lowest BCUT2D eigenvalue weighted by molar-refractivity contribution is 0.420. The van der Waals surface area contributed by atoms with E-state index >= 15 is 0 Å². The third-order valence-corrected chi connectivity index (χ3v) is 2.41. The Morgan fingerprint density at radius 2 is 2.13 bits per heavy atom. The maximum atomic E-state index is 5.60. The van der Waals surface area contributed by atoms with Gasteiger partial charge >= 0.3 is 0 Å². The lowest BCUT2D eigenvalue weighted by atomic mass is 10.1. The molecule has 0 saturated heterocycles. The Morgan fingerprint density at radius 3 is 2.80 bits per heavy atom. The maximum Gasteiger partial charge on any atom is 0.126 e. The highest BCUT2D eigenvalue weighted by molar-refractivity contribution is 7.80. The summed E-state index contributed by atoms with van der Waals surface area (Å²) in [4.78, 5) is 4.46. The van der Waals surface area contributed by atoms with Gasteiger partial charge < -0.3 is 10.5 Å². The van der Waals surface area contributed by atoms with E-state index in [2.05, 4.69) is 4.98 Å². The van der Waals surface area contributed by atoms with E-state index in [1.54, 1.807) is 13.3 Å². The number of methoxy groups -OCH3 is 1. The van der Waals surface area contributed by atoms with Gasteiger partial charge in [-0.05, 0) is 12.1 Å². The van der Waals surface area contributed by atoms with E-state index in [4.69, 9.17) is 22.7 Å². The van der Waals surface area contributed by atoms with E-state index in [0.29, 0.717) is 10.7 Å². The minimum absolute atomic E-state index is 0.300. The van der Waals surface area contributed by atoms with Gasteiger partial charge in [0.1, 0.15) is 16.4 Å². The number of fused-ring (bicyclic) bond motifs is 1. The summed E-state index contributed by atoms with van der Waals surface area (Å²) in [7, 11) is 1.63. The van der Waals surface area contributed by atoms with Crippen molar-refractivity contribution in [2.45, 2.75) is 0 Å². The minimum atomic E-state index is 0.300. The fourth-order valence-corrected chi connectivity index (χ4v) is 1.72. The molecule has 0 radical (unpaired) electrons. The van der Waals surface area contributed by atoms with Crippen LogP contribution in [-0.2, 0) is 0 Å². The predicted octanol–water partition coefficient (Wildman–Crippen LogP) is 1.88. The Kier molecular flexibility index (Phi) is 2.51. The second-order valence-electron chi connectivity index (χ2n) is 3.08. The number of nitrogens with zero attached hydrogens (tertiary/aromatic N) is 1. The number of nitrogens with two attached hydrogens (primary N) is 1. The molecule has 0 atom stereocenters. The molecule has 0 bridgehead atoms. The van der Waals surface area contributed by atoms with Gasteiger partial charge in [0.05, 0.1) is 7.11 Å². The van der Waals surface area contributed by atoms with Crippen molar-refractivity contribution in [3.63, 3.8) is 0 Å². The average molecular weight is 218 g/mol. The van der Waals surface area contributed by atoms with Gasteiger partial charge in [-0.2, -0.15) is 0 Å². The molecule has 0 spiro atoms. The van der Waals surface area contributed by atoms with Crippen LogP contribution in [0.15, 0.2) is 30.5 Å². The summed E-state index contributed by atoms with van der Waals surface area (Å²) in [5.41, 5.74) is 6.24. The second-order valence-corrected chi connectivity index (χ2v) is 3.52. The molecule has 2 rings (SSSR count). The van der Waals surface area contributed by atoms with Crippen LogP contribution >= 0.6 is 12.2 Å². The molecular weight excluding hydrogens is 208 g/mol. The molecule has 15 heavy (non-hydrogen) atoms. The van der Waals surface area contributed by atoms with Crippen LogP contribution in [0.4, 0.5) is 0 Å². The highest BCUT2D eigenvalue weighted by Gasteiger charge is 2.07. The molecule has 1 aromatic heterocycles. The van der Waals surface area contributed by atoms with Crippen molar-refractivity contribution >= 4 is 28.0 Å². The van der Waals surface area contributed by atoms with Crippen LogP contribution in [0.1, 0.15) is 5.69 Å². The summed E-state index contributed by atoms with van der Waals surface area (Å²) in [6.07, 6.45) is 1.68. The van der Waals surface area contributed by atoms with Gasteiger partial charge in [-0.3, -0.25) is 4.98 Å². The maximum absolute atomic E-state index is 5.60. The third kappa shape index (κ3) is 1.64. The molecule has 0 aliphatic heterocycles. The SMILES string of the molecule is COc1cccc2c(C(N)=S)nccc12. The Balaban J connectivity index is 2.82. The number of hydrogen-bond donors (Lipinski definition) is 1. The van der Waals surface area contributed by atoms with E-state index in [1.807, 2.05) is 24.3 Å². The predicted molar refractivity (Wildman–Crippen MR) is 64.2 cm³/mol. The summed E-state index contributed by atoms with van der Waals surface area (Å²) in [6, 6.07) is 7.60. The first-order valence-electron chi connectivity index (χ1n) is 4.45. The van der Waals surface area contributed by atoms with Gasteiger partial charge in [0.25, 0.3) is 0 Å². The Bertz CT molecular complexity index is 525. The molecule has 0 fully saturated rings. The molecule has 0 saturated carbocycles. The van der Waals surface area contributed by atoms with Crippen LogP contribution < -0.4 is 10.5 Å². The zero-order valence-electron chi connectivity index (χ0n) is 8.23. The first kappa shape index (κ1) is 9.86. The van der Waals surface area contributed by atoms with Gasteiger partial charge in [-0.1, -0.05) is 24.4 Å². The monoisotopic (exact) mass is 218 g/mol. The second kappa shape index (κ2) is 3.82. The number of aromatic nitrogens is 1. The summed E-state index contributed by atoms with van der Waals surface area (Å²) in [5.74, 6) is 0.799. The summed E-state index contributed by atoms with van der Waals surface area (Å²) >= 11 is 4.94. The number of thiocarbonyl (C=S) groups is 1. The zero-order chi connectivity index (χ0) is 10.8. The first-order valence-corrected chi connectivity index (χ1v) is 4.86. The molecule has 0 amide bonds. The number of benzene rings is 1. The zero-order valence-corrected chi connectivity index (χ0v) is 9.04. The lowest BCUT2D eigenvalue weighted by Gasteiger charge is -2.07. The van der Waals surface area contributed by atoms with Crippen LogP contribution in [0.5, 0.6) is 5.75 Å². The van der Waals surface area contributed by atoms with Crippen molar-refractivity contribution in [3.8, 4) is 5.75 Å². The van der Waals surface area contributed by atoms with Gasteiger partial charge in [-0.15, -0.1) is 0 Å². The molecule has 2 aromatic rings. The molecule has 0 aliphatic carbocycles. The molecule has 0 unspecified atom stereocenters.